The number of benzene rings is 2. The van der Waals surface area contributed by atoms with Gasteiger partial charge in [-0.3, -0.25) is 9.69 Å². The van der Waals surface area contributed by atoms with Crippen molar-refractivity contribution in [3.8, 4) is 11.5 Å². The molecule has 6 nitrogen and oxygen atoms in total. The highest BCUT2D eigenvalue weighted by Gasteiger charge is 2.33. The lowest BCUT2D eigenvalue weighted by Crippen LogP contribution is -2.30. The van der Waals surface area contributed by atoms with Crippen LogP contribution in [-0.4, -0.2) is 31.1 Å². The SMILES string of the molecule is COc1cc(C)c(C=C2NC(=O)N(Cc3ccc(Cl)c(Cl)c3)C2=O)cc1OC. The third-order valence-electron chi connectivity index (χ3n) is 4.36. The molecule has 0 unspecified atom stereocenters. The van der Waals surface area contributed by atoms with Crippen LogP contribution in [0.2, 0.25) is 10.0 Å². The molecule has 0 aromatic heterocycles. The smallest absolute Gasteiger partial charge is 0.329 e. The fraction of sp³-hybridized carbons (Fsp3) is 0.200. The average Bonchev–Trinajstić information content (AvgIpc) is 2.93. The number of carbonyl (C=O) groups excluding carboxylic acids is 2. The molecule has 1 heterocycles. The first-order valence-electron chi connectivity index (χ1n) is 8.35. The first kappa shape index (κ1) is 20.0. The van der Waals surface area contributed by atoms with Gasteiger partial charge in [0.2, 0.25) is 0 Å². The van der Waals surface area contributed by atoms with Crippen molar-refractivity contribution in [3.05, 3.63) is 62.8 Å². The van der Waals surface area contributed by atoms with Crippen LogP contribution in [0.25, 0.3) is 6.08 Å². The second-order valence-corrected chi connectivity index (χ2v) is 7.01. The summed E-state index contributed by atoms with van der Waals surface area (Å²) in [5.41, 5.74) is 2.48. The lowest BCUT2D eigenvalue weighted by molar-refractivity contribution is -0.123. The summed E-state index contributed by atoms with van der Waals surface area (Å²) in [4.78, 5) is 26.1. The van der Waals surface area contributed by atoms with Crippen LogP contribution < -0.4 is 14.8 Å². The lowest BCUT2D eigenvalue weighted by atomic mass is 10.1. The molecule has 0 aliphatic carbocycles. The number of aryl methyl sites for hydroxylation is 1. The number of urea groups is 1. The van der Waals surface area contributed by atoms with Gasteiger partial charge in [-0.2, -0.15) is 0 Å². The van der Waals surface area contributed by atoms with Gasteiger partial charge in [-0.05, 0) is 54.0 Å². The van der Waals surface area contributed by atoms with E-state index >= 15 is 0 Å². The maximum Gasteiger partial charge on any atom is 0.329 e. The van der Waals surface area contributed by atoms with Crippen molar-refractivity contribution in [3.63, 3.8) is 0 Å². The molecule has 28 heavy (non-hydrogen) atoms. The number of imide groups is 1. The van der Waals surface area contributed by atoms with E-state index in [0.29, 0.717) is 27.1 Å². The largest absolute Gasteiger partial charge is 0.493 e. The number of hydrogen-bond acceptors (Lipinski definition) is 4. The Morgan fingerprint density at radius 1 is 1.04 bits per heavy atom. The highest BCUT2D eigenvalue weighted by molar-refractivity contribution is 6.42. The number of halogens is 2. The van der Waals surface area contributed by atoms with Gasteiger partial charge in [-0.25, -0.2) is 4.79 Å². The van der Waals surface area contributed by atoms with Crippen LogP contribution in [-0.2, 0) is 11.3 Å². The molecule has 3 amide bonds. The van der Waals surface area contributed by atoms with Gasteiger partial charge in [0.1, 0.15) is 5.70 Å². The minimum Gasteiger partial charge on any atom is -0.493 e. The fourth-order valence-electron chi connectivity index (χ4n) is 2.84. The van der Waals surface area contributed by atoms with Gasteiger partial charge in [0.05, 0.1) is 30.8 Å². The van der Waals surface area contributed by atoms with E-state index in [1.165, 1.54) is 7.11 Å². The standard InChI is InChI=1S/C20H18Cl2N2O4/c1-11-6-17(27-2)18(28-3)9-13(11)8-16-19(25)24(20(26)23-16)10-12-4-5-14(21)15(22)7-12/h4-9H,10H2,1-3H3,(H,23,26). The van der Waals surface area contributed by atoms with Crippen LogP contribution in [0.1, 0.15) is 16.7 Å². The molecule has 1 fully saturated rings. The Hall–Kier alpha value is -2.70. The number of nitrogens with zero attached hydrogens (tertiary/aromatic N) is 1. The molecule has 1 N–H and O–H groups in total. The quantitative estimate of drug-likeness (QED) is 0.574. The third kappa shape index (κ3) is 3.93. The monoisotopic (exact) mass is 420 g/mol. The number of amides is 3. The Bertz CT molecular complexity index is 988. The van der Waals surface area contributed by atoms with Crippen molar-refractivity contribution in [1.82, 2.24) is 10.2 Å². The summed E-state index contributed by atoms with van der Waals surface area (Å²) >= 11 is 11.9. The highest BCUT2D eigenvalue weighted by atomic mass is 35.5. The van der Waals surface area contributed by atoms with Crippen molar-refractivity contribution < 1.29 is 19.1 Å². The van der Waals surface area contributed by atoms with Crippen molar-refractivity contribution in [1.29, 1.82) is 0 Å². The number of ether oxygens (including phenoxy) is 2. The van der Waals surface area contributed by atoms with Crippen molar-refractivity contribution in [2.24, 2.45) is 0 Å². The number of nitrogens with one attached hydrogen (secondary N) is 1. The minimum absolute atomic E-state index is 0.0871. The zero-order chi connectivity index (χ0) is 20.4. The summed E-state index contributed by atoms with van der Waals surface area (Å²) in [7, 11) is 3.09. The average molecular weight is 421 g/mol. The van der Waals surface area contributed by atoms with Crippen molar-refractivity contribution in [2.45, 2.75) is 13.5 Å². The Morgan fingerprint density at radius 2 is 1.71 bits per heavy atom. The summed E-state index contributed by atoms with van der Waals surface area (Å²) in [5, 5.41) is 3.38. The molecular weight excluding hydrogens is 403 g/mol. The summed E-state index contributed by atoms with van der Waals surface area (Å²) < 4.78 is 10.6. The zero-order valence-corrected chi connectivity index (χ0v) is 17.0. The van der Waals surface area contributed by atoms with Crippen LogP contribution in [0.5, 0.6) is 11.5 Å². The van der Waals surface area contributed by atoms with Gasteiger partial charge in [0.15, 0.2) is 11.5 Å². The van der Waals surface area contributed by atoms with E-state index in [4.69, 9.17) is 32.7 Å². The molecule has 0 saturated carbocycles. The van der Waals surface area contributed by atoms with Gasteiger partial charge >= 0.3 is 6.03 Å². The summed E-state index contributed by atoms with van der Waals surface area (Å²) in [6.45, 7) is 1.97. The number of methoxy groups -OCH3 is 2. The Labute approximate surface area is 172 Å². The summed E-state index contributed by atoms with van der Waals surface area (Å²) in [6.07, 6.45) is 1.62. The van der Waals surface area contributed by atoms with Gasteiger partial charge in [-0.15, -0.1) is 0 Å². The third-order valence-corrected chi connectivity index (χ3v) is 5.10. The maximum absolute atomic E-state index is 12.7. The minimum atomic E-state index is -0.500. The second-order valence-electron chi connectivity index (χ2n) is 6.19. The molecule has 1 aliphatic rings. The molecule has 1 saturated heterocycles. The zero-order valence-electron chi connectivity index (χ0n) is 15.5. The predicted molar refractivity (Wildman–Crippen MR) is 108 cm³/mol. The first-order valence-corrected chi connectivity index (χ1v) is 9.10. The topological polar surface area (TPSA) is 67.9 Å². The highest BCUT2D eigenvalue weighted by Crippen LogP contribution is 2.32. The molecule has 146 valence electrons. The van der Waals surface area contributed by atoms with Gasteiger partial charge in [0, 0.05) is 0 Å². The lowest BCUT2D eigenvalue weighted by Gasteiger charge is -2.12. The molecule has 2 aromatic rings. The molecule has 0 atom stereocenters. The van der Waals surface area contributed by atoms with Gasteiger partial charge < -0.3 is 14.8 Å². The molecule has 0 radical (unpaired) electrons. The first-order chi connectivity index (χ1) is 13.3. The second kappa shape index (κ2) is 8.12. The molecule has 1 aliphatic heterocycles. The van der Waals surface area contributed by atoms with E-state index in [-0.39, 0.29) is 12.2 Å². The van der Waals surface area contributed by atoms with Crippen molar-refractivity contribution >= 4 is 41.2 Å². The van der Waals surface area contributed by atoms with Crippen LogP contribution >= 0.6 is 23.2 Å². The molecule has 3 rings (SSSR count). The Balaban J connectivity index is 1.88. The van der Waals surface area contributed by atoms with Crippen LogP contribution in [0.4, 0.5) is 4.79 Å². The Kier molecular flexibility index (Phi) is 5.82. The Morgan fingerprint density at radius 3 is 2.36 bits per heavy atom. The number of rotatable bonds is 5. The molecule has 0 spiro atoms. The summed E-state index contributed by atoms with van der Waals surface area (Å²) in [5.74, 6) is 0.694. The fourth-order valence-corrected chi connectivity index (χ4v) is 3.16. The van der Waals surface area contributed by atoms with Crippen molar-refractivity contribution in [2.75, 3.05) is 14.2 Å². The van der Waals surface area contributed by atoms with Gasteiger partial charge in [0.25, 0.3) is 5.91 Å². The van der Waals surface area contributed by atoms with Crippen LogP contribution in [0.15, 0.2) is 36.0 Å². The molecule has 8 heteroatoms. The van der Waals surface area contributed by atoms with E-state index < -0.39 is 11.9 Å². The van der Waals surface area contributed by atoms with Crippen LogP contribution in [0.3, 0.4) is 0 Å². The normalized spacial score (nSPS) is 15.2. The van der Waals surface area contributed by atoms with E-state index in [9.17, 15) is 9.59 Å². The van der Waals surface area contributed by atoms with E-state index in [1.54, 1.807) is 43.5 Å². The molecule has 2 aromatic carbocycles. The van der Waals surface area contributed by atoms with Gasteiger partial charge in [-0.1, -0.05) is 29.3 Å². The number of carbonyl (C=O) groups is 2. The maximum atomic E-state index is 12.7. The summed E-state index contributed by atoms with van der Waals surface area (Å²) in [6, 6.07) is 8.03. The van der Waals surface area contributed by atoms with Crippen LogP contribution in [0, 0.1) is 6.92 Å². The van der Waals surface area contributed by atoms with E-state index in [0.717, 1.165) is 16.0 Å². The van der Waals surface area contributed by atoms with E-state index in [1.807, 2.05) is 6.92 Å². The molecule has 0 bridgehead atoms. The van der Waals surface area contributed by atoms with E-state index in [2.05, 4.69) is 5.32 Å². The molecular formula is C20H18Cl2N2O4. The predicted octanol–water partition coefficient (Wildman–Crippen LogP) is 4.41. The number of hydrogen-bond donors (Lipinski definition) is 1.